The van der Waals surface area contributed by atoms with Crippen LogP contribution in [0.15, 0.2) is 24.3 Å². The Morgan fingerprint density at radius 3 is 2.33 bits per heavy atom. The van der Waals surface area contributed by atoms with E-state index in [0.29, 0.717) is 0 Å². The summed E-state index contributed by atoms with van der Waals surface area (Å²) in [4.78, 5) is 12.2. The minimum Gasteiger partial charge on any atom is -0.294 e. The summed E-state index contributed by atoms with van der Waals surface area (Å²) in [6.45, 7) is 0. The number of Topliss-reactive ketones (excluding diaryl/α,β-unsaturated/α-hetero) is 1. The van der Waals surface area contributed by atoms with Gasteiger partial charge in [0, 0.05) is 6.42 Å². The van der Waals surface area contributed by atoms with Crippen LogP contribution in [0.2, 0.25) is 20.1 Å². The minimum absolute atomic E-state index is 0.00351. The summed E-state index contributed by atoms with van der Waals surface area (Å²) in [5, 5.41) is -0.0434. The van der Waals surface area contributed by atoms with E-state index < -0.39 is 23.8 Å². The van der Waals surface area contributed by atoms with E-state index in [1.807, 2.05) is 0 Å². The molecule has 0 radical (unpaired) electrons. The second-order valence-corrected chi connectivity index (χ2v) is 5.73. The molecule has 0 spiro atoms. The maximum Gasteiger partial charge on any atom is 0.170 e. The van der Waals surface area contributed by atoms with Gasteiger partial charge in [0.25, 0.3) is 0 Å². The lowest BCUT2D eigenvalue weighted by Crippen LogP contribution is -2.08. The van der Waals surface area contributed by atoms with E-state index in [9.17, 15) is 13.6 Å². The van der Waals surface area contributed by atoms with Crippen molar-refractivity contribution in [1.82, 2.24) is 0 Å². The Balaban J connectivity index is 2.42. The molecule has 2 aromatic rings. The van der Waals surface area contributed by atoms with Gasteiger partial charge in [-0.2, -0.15) is 0 Å². The molecule has 0 heterocycles. The Morgan fingerprint density at radius 1 is 1.00 bits per heavy atom. The first-order valence-electron chi connectivity index (χ1n) is 5.62. The summed E-state index contributed by atoms with van der Waals surface area (Å²) in [5.74, 6) is -2.71. The molecule has 0 aromatic heterocycles. The summed E-state index contributed by atoms with van der Waals surface area (Å²) < 4.78 is 26.7. The fourth-order valence-corrected chi connectivity index (χ4v) is 2.89. The van der Waals surface area contributed by atoms with Gasteiger partial charge in [-0.25, -0.2) is 8.78 Å². The molecule has 110 valence electrons. The zero-order valence-electron chi connectivity index (χ0n) is 10.2. The van der Waals surface area contributed by atoms with Gasteiger partial charge in [0.1, 0.15) is 0 Å². The van der Waals surface area contributed by atoms with Crippen molar-refractivity contribution in [2.75, 3.05) is 0 Å². The minimum atomic E-state index is -1.09. The highest BCUT2D eigenvalue weighted by molar-refractivity contribution is 6.51. The molecule has 0 unspecified atom stereocenters. The number of carbonyl (C=O) groups excluding carboxylic acids is 1. The molecule has 0 N–H and O–H groups in total. The number of hydrogen-bond acceptors (Lipinski definition) is 1. The molecule has 1 nitrogen and oxygen atoms in total. The molecule has 0 aliphatic heterocycles. The highest BCUT2D eigenvalue weighted by Crippen LogP contribution is 2.38. The van der Waals surface area contributed by atoms with Crippen LogP contribution in [-0.4, -0.2) is 5.78 Å². The van der Waals surface area contributed by atoms with Crippen molar-refractivity contribution >= 4 is 52.2 Å². The molecule has 21 heavy (non-hydrogen) atoms. The van der Waals surface area contributed by atoms with Crippen LogP contribution in [0.1, 0.15) is 15.9 Å². The van der Waals surface area contributed by atoms with Crippen LogP contribution < -0.4 is 0 Å². The van der Waals surface area contributed by atoms with Gasteiger partial charge < -0.3 is 0 Å². The Hall–Kier alpha value is -0.870. The monoisotopic (exact) mass is 368 g/mol. The summed E-state index contributed by atoms with van der Waals surface area (Å²) >= 11 is 23.5. The molecular weight excluding hydrogens is 364 g/mol. The SMILES string of the molecule is O=C(Cc1cccc(F)c1F)c1c(Cl)cc(Cl)c(Cl)c1Cl. The van der Waals surface area contributed by atoms with Crippen LogP contribution in [0.3, 0.4) is 0 Å². The van der Waals surface area contributed by atoms with Crippen molar-refractivity contribution in [3.63, 3.8) is 0 Å². The third kappa shape index (κ3) is 3.32. The van der Waals surface area contributed by atoms with Gasteiger partial charge in [-0.15, -0.1) is 0 Å². The summed E-state index contributed by atoms with van der Waals surface area (Å²) in [6, 6.07) is 4.84. The highest BCUT2D eigenvalue weighted by atomic mass is 35.5. The fourth-order valence-electron chi connectivity index (χ4n) is 1.77. The van der Waals surface area contributed by atoms with Gasteiger partial charge in [0.05, 0.1) is 25.7 Å². The molecule has 2 aromatic carbocycles. The maximum atomic E-state index is 13.6. The average Bonchev–Trinajstić information content (AvgIpc) is 2.41. The standard InChI is InChI=1S/C14H6Cl4F2O/c15-7-5-8(16)12(17)13(18)11(7)10(21)4-6-2-1-3-9(19)14(6)20/h1-3,5H,4H2. The molecule has 0 aliphatic carbocycles. The lowest BCUT2D eigenvalue weighted by Gasteiger charge is -2.10. The zero-order valence-corrected chi connectivity index (χ0v) is 13.2. The van der Waals surface area contributed by atoms with Crippen molar-refractivity contribution in [2.24, 2.45) is 0 Å². The van der Waals surface area contributed by atoms with Crippen molar-refractivity contribution in [1.29, 1.82) is 0 Å². The first-order chi connectivity index (χ1) is 9.82. The quantitative estimate of drug-likeness (QED) is 0.368. The largest absolute Gasteiger partial charge is 0.294 e. The van der Waals surface area contributed by atoms with E-state index in [4.69, 9.17) is 46.4 Å². The molecule has 0 aliphatic rings. The van der Waals surface area contributed by atoms with Crippen molar-refractivity contribution in [2.45, 2.75) is 6.42 Å². The van der Waals surface area contributed by atoms with Gasteiger partial charge in [-0.3, -0.25) is 4.79 Å². The number of carbonyl (C=O) groups is 1. The van der Waals surface area contributed by atoms with Gasteiger partial charge in [-0.1, -0.05) is 58.5 Å². The molecular formula is C14H6Cl4F2O. The zero-order chi connectivity index (χ0) is 15.7. The predicted octanol–water partition coefficient (Wildman–Crippen LogP) is 6.00. The van der Waals surface area contributed by atoms with Gasteiger partial charge in [0.2, 0.25) is 0 Å². The second-order valence-electron chi connectivity index (χ2n) is 4.16. The fraction of sp³-hybridized carbons (Fsp3) is 0.0714. The first-order valence-corrected chi connectivity index (χ1v) is 7.13. The summed E-state index contributed by atoms with van der Waals surface area (Å²) in [7, 11) is 0. The lowest BCUT2D eigenvalue weighted by molar-refractivity contribution is 0.0992. The molecule has 0 bridgehead atoms. The third-order valence-electron chi connectivity index (χ3n) is 2.78. The topological polar surface area (TPSA) is 17.1 Å². The number of rotatable bonds is 3. The van der Waals surface area contributed by atoms with E-state index in [1.54, 1.807) is 0 Å². The highest BCUT2D eigenvalue weighted by Gasteiger charge is 2.21. The van der Waals surface area contributed by atoms with Gasteiger partial charge >= 0.3 is 0 Å². The lowest BCUT2D eigenvalue weighted by atomic mass is 10.0. The Morgan fingerprint density at radius 2 is 1.67 bits per heavy atom. The van der Waals surface area contributed by atoms with E-state index in [1.165, 1.54) is 18.2 Å². The second kappa shape index (κ2) is 6.49. The normalized spacial score (nSPS) is 10.8. The summed E-state index contributed by atoms with van der Waals surface area (Å²) in [6.07, 6.45) is -0.402. The Kier molecular flexibility index (Phi) is 5.10. The molecule has 0 saturated carbocycles. The predicted molar refractivity (Wildman–Crippen MR) is 80.9 cm³/mol. The number of hydrogen-bond donors (Lipinski definition) is 0. The van der Waals surface area contributed by atoms with E-state index in [2.05, 4.69) is 0 Å². The maximum absolute atomic E-state index is 13.6. The van der Waals surface area contributed by atoms with E-state index in [0.717, 1.165) is 6.07 Å². The molecule has 7 heteroatoms. The van der Waals surface area contributed by atoms with Gasteiger partial charge in [-0.05, 0) is 17.7 Å². The molecule has 0 atom stereocenters. The third-order valence-corrected chi connectivity index (χ3v) is 4.34. The van der Waals surface area contributed by atoms with Crippen LogP contribution in [0.4, 0.5) is 8.78 Å². The van der Waals surface area contributed by atoms with E-state index >= 15 is 0 Å². The van der Waals surface area contributed by atoms with Crippen LogP contribution in [0.5, 0.6) is 0 Å². The molecule has 0 fully saturated rings. The van der Waals surface area contributed by atoms with Crippen LogP contribution in [0.25, 0.3) is 0 Å². The number of ketones is 1. The molecule has 2 rings (SSSR count). The van der Waals surface area contributed by atoms with Crippen LogP contribution in [-0.2, 0) is 6.42 Å². The number of benzene rings is 2. The molecule has 0 amide bonds. The Labute approximate surface area is 139 Å². The van der Waals surface area contributed by atoms with Crippen molar-refractivity contribution in [3.8, 4) is 0 Å². The van der Waals surface area contributed by atoms with Crippen molar-refractivity contribution < 1.29 is 13.6 Å². The van der Waals surface area contributed by atoms with Crippen molar-refractivity contribution in [3.05, 3.63) is 67.1 Å². The van der Waals surface area contributed by atoms with Gasteiger partial charge in [0.15, 0.2) is 17.4 Å². The summed E-state index contributed by atoms with van der Waals surface area (Å²) in [5.41, 5.74) is -0.172. The van der Waals surface area contributed by atoms with Crippen LogP contribution in [0, 0.1) is 11.6 Å². The number of halogens is 6. The van der Waals surface area contributed by atoms with Crippen LogP contribution >= 0.6 is 46.4 Å². The molecule has 0 saturated heterocycles. The average molecular weight is 370 g/mol. The smallest absolute Gasteiger partial charge is 0.170 e. The Bertz CT molecular complexity index is 731. The van der Waals surface area contributed by atoms with E-state index in [-0.39, 0.29) is 31.2 Å². The first kappa shape index (κ1) is 16.5.